The van der Waals surface area contributed by atoms with Crippen molar-refractivity contribution in [3.05, 3.63) is 48.0 Å². The molecule has 108 valence electrons. The zero-order chi connectivity index (χ0) is 14.4. The summed E-state index contributed by atoms with van der Waals surface area (Å²) in [6, 6.07) is 8.01. The minimum Gasteiger partial charge on any atom is -0.481 e. The number of hydrogen-bond donors (Lipinski definition) is 1. The fraction of sp³-hybridized carbons (Fsp3) is 0.400. The smallest absolute Gasteiger partial charge is 0.212 e. The Kier molecular flexibility index (Phi) is 5.15. The topological polar surface area (TPSA) is 50.5 Å². The molecule has 2 rings (SSSR count). The van der Waals surface area contributed by atoms with Gasteiger partial charge < -0.3 is 14.5 Å². The minimum atomic E-state index is 0.219. The molecule has 0 radical (unpaired) electrons. The molecule has 0 fully saturated rings. The van der Waals surface area contributed by atoms with E-state index in [9.17, 15) is 0 Å². The number of ether oxygens (including phenoxy) is 1. The Balaban J connectivity index is 1.87. The van der Waals surface area contributed by atoms with Crippen LogP contribution in [0.2, 0.25) is 0 Å². The van der Waals surface area contributed by atoms with Gasteiger partial charge in [-0.15, -0.1) is 0 Å². The fourth-order valence-corrected chi connectivity index (χ4v) is 2.01. The third kappa shape index (κ3) is 3.82. The van der Waals surface area contributed by atoms with E-state index in [0.29, 0.717) is 5.88 Å². The summed E-state index contributed by atoms with van der Waals surface area (Å²) in [4.78, 5) is 6.33. The van der Waals surface area contributed by atoms with Crippen molar-refractivity contribution in [2.24, 2.45) is 0 Å². The minimum absolute atomic E-state index is 0.219. The first-order valence-corrected chi connectivity index (χ1v) is 6.60. The number of nitrogens with zero attached hydrogens (tertiary/aromatic N) is 2. The number of methoxy groups -OCH3 is 1. The van der Waals surface area contributed by atoms with Crippen molar-refractivity contribution in [2.75, 3.05) is 27.7 Å². The van der Waals surface area contributed by atoms with Crippen LogP contribution >= 0.6 is 0 Å². The number of hydrogen-bond acceptors (Lipinski definition) is 5. The third-order valence-electron chi connectivity index (χ3n) is 3.17. The monoisotopic (exact) mass is 275 g/mol. The number of aromatic nitrogens is 1. The van der Waals surface area contributed by atoms with Crippen molar-refractivity contribution in [3.8, 4) is 5.88 Å². The molecular weight excluding hydrogens is 254 g/mol. The van der Waals surface area contributed by atoms with Crippen molar-refractivity contribution in [1.82, 2.24) is 15.2 Å². The Hall–Kier alpha value is -1.85. The Morgan fingerprint density at radius 2 is 2.20 bits per heavy atom. The second-order valence-corrected chi connectivity index (χ2v) is 4.83. The molecule has 0 spiro atoms. The molecular formula is C15H21N3O2. The van der Waals surface area contributed by atoms with Crippen LogP contribution in [0.3, 0.4) is 0 Å². The predicted molar refractivity (Wildman–Crippen MR) is 77.6 cm³/mol. The van der Waals surface area contributed by atoms with Crippen LogP contribution in [-0.4, -0.2) is 37.6 Å². The van der Waals surface area contributed by atoms with E-state index in [1.165, 1.54) is 0 Å². The highest BCUT2D eigenvalue weighted by Crippen LogP contribution is 2.17. The summed E-state index contributed by atoms with van der Waals surface area (Å²) in [6.07, 6.45) is 3.53. The first-order valence-electron chi connectivity index (χ1n) is 6.60. The van der Waals surface area contributed by atoms with Gasteiger partial charge in [0.25, 0.3) is 0 Å². The van der Waals surface area contributed by atoms with E-state index < -0.39 is 0 Å². The number of furan rings is 1. The van der Waals surface area contributed by atoms with Gasteiger partial charge in [-0.3, -0.25) is 4.90 Å². The van der Waals surface area contributed by atoms with Crippen molar-refractivity contribution in [1.29, 1.82) is 0 Å². The number of rotatable bonds is 7. The van der Waals surface area contributed by atoms with Gasteiger partial charge in [0.2, 0.25) is 5.88 Å². The van der Waals surface area contributed by atoms with Gasteiger partial charge in [0.1, 0.15) is 5.76 Å². The maximum absolute atomic E-state index is 5.48. The summed E-state index contributed by atoms with van der Waals surface area (Å²) in [7, 11) is 5.71. The average molecular weight is 275 g/mol. The predicted octanol–water partition coefficient (Wildman–Crippen LogP) is 2.08. The molecule has 1 N–H and O–H groups in total. The largest absolute Gasteiger partial charge is 0.481 e. The highest BCUT2D eigenvalue weighted by atomic mass is 16.5. The van der Waals surface area contributed by atoms with E-state index in [0.717, 1.165) is 24.4 Å². The van der Waals surface area contributed by atoms with E-state index in [4.69, 9.17) is 9.15 Å². The zero-order valence-electron chi connectivity index (χ0n) is 12.2. The maximum Gasteiger partial charge on any atom is 0.212 e. The van der Waals surface area contributed by atoms with Gasteiger partial charge >= 0.3 is 0 Å². The maximum atomic E-state index is 5.48. The van der Waals surface area contributed by atoms with Crippen LogP contribution in [0.1, 0.15) is 17.4 Å². The van der Waals surface area contributed by atoms with Crippen LogP contribution in [0.15, 0.2) is 41.1 Å². The Morgan fingerprint density at radius 3 is 2.75 bits per heavy atom. The molecule has 1 atom stereocenters. The zero-order valence-corrected chi connectivity index (χ0v) is 12.2. The average Bonchev–Trinajstić information content (AvgIpc) is 2.97. The molecule has 0 aliphatic rings. The first kappa shape index (κ1) is 14.6. The molecule has 20 heavy (non-hydrogen) atoms. The normalized spacial score (nSPS) is 12.6. The molecule has 0 saturated heterocycles. The summed E-state index contributed by atoms with van der Waals surface area (Å²) in [5.41, 5.74) is 1.13. The number of nitrogens with one attached hydrogen (secondary N) is 1. The molecule has 0 aliphatic heterocycles. The van der Waals surface area contributed by atoms with Gasteiger partial charge in [-0.1, -0.05) is 6.07 Å². The van der Waals surface area contributed by atoms with Crippen molar-refractivity contribution in [2.45, 2.75) is 12.6 Å². The molecule has 1 unspecified atom stereocenters. The Morgan fingerprint density at radius 1 is 1.35 bits per heavy atom. The Bertz CT molecular complexity index is 494. The van der Waals surface area contributed by atoms with E-state index in [-0.39, 0.29) is 6.04 Å². The lowest BCUT2D eigenvalue weighted by atomic mass is 10.2. The molecule has 0 bridgehead atoms. The molecule has 2 heterocycles. The second kappa shape index (κ2) is 7.07. The molecule has 2 aromatic heterocycles. The summed E-state index contributed by atoms with van der Waals surface area (Å²) in [5.74, 6) is 1.60. The van der Waals surface area contributed by atoms with Gasteiger partial charge in [0, 0.05) is 25.4 Å². The molecule has 5 heteroatoms. The Labute approximate surface area is 119 Å². The van der Waals surface area contributed by atoms with Crippen molar-refractivity contribution >= 4 is 0 Å². The van der Waals surface area contributed by atoms with Crippen molar-refractivity contribution < 1.29 is 9.15 Å². The van der Waals surface area contributed by atoms with Crippen LogP contribution < -0.4 is 10.1 Å². The second-order valence-electron chi connectivity index (χ2n) is 4.83. The van der Waals surface area contributed by atoms with Crippen LogP contribution in [0.25, 0.3) is 0 Å². The fourth-order valence-electron chi connectivity index (χ4n) is 2.01. The van der Waals surface area contributed by atoms with Crippen LogP contribution in [0, 0.1) is 0 Å². The SMILES string of the molecule is COc1ccc(CNCC(c2ccco2)N(C)C)cn1. The lowest BCUT2D eigenvalue weighted by molar-refractivity contribution is 0.250. The van der Waals surface area contributed by atoms with E-state index in [1.807, 2.05) is 44.6 Å². The quantitative estimate of drug-likeness (QED) is 0.838. The van der Waals surface area contributed by atoms with E-state index >= 15 is 0 Å². The van der Waals surface area contributed by atoms with E-state index in [2.05, 4.69) is 15.2 Å². The van der Waals surface area contributed by atoms with Crippen molar-refractivity contribution in [3.63, 3.8) is 0 Å². The lowest BCUT2D eigenvalue weighted by Crippen LogP contribution is -2.30. The number of pyridine rings is 1. The van der Waals surface area contributed by atoms with Gasteiger partial charge in [0.15, 0.2) is 0 Å². The molecule has 5 nitrogen and oxygen atoms in total. The molecule has 0 amide bonds. The van der Waals surface area contributed by atoms with Gasteiger partial charge in [0.05, 0.1) is 19.4 Å². The number of likely N-dealkylation sites (N-methyl/N-ethyl adjacent to an activating group) is 1. The summed E-state index contributed by atoms with van der Waals surface area (Å²) in [6.45, 7) is 1.58. The highest BCUT2D eigenvalue weighted by molar-refractivity contribution is 5.17. The van der Waals surface area contributed by atoms with Gasteiger partial charge in [-0.2, -0.15) is 0 Å². The highest BCUT2D eigenvalue weighted by Gasteiger charge is 2.16. The standard InChI is InChI=1S/C15H21N3O2/c1-18(2)13(14-5-4-8-20-14)11-16-9-12-6-7-15(19-3)17-10-12/h4-8,10,13,16H,9,11H2,1-3H3. The summed E-state index contributed by atoms with van der Waals surface area (Å²) in [5, 5.41) is 3.43. The first-order chi connectivity index (χ1) is 9.70. The summed E-state index contributed by atoms with van der Waals surface area (Å²) >= 11 is 0. The van der Waals surface area contributed by atoms with Crippen LogP contribution in [-0.2, 0) is 6.54 Å². The summed E-state index contributed by atoms with van der Waals surface area (Å²) < 4.78 is 10.5. The van der Waals surface area contributed by atoms with Gasteiger partial charge in [-0.05, 0) is 31.8 Å². The van der Waals surface area contributed by atoms with Gasteiger partial charge in [-0.25, -0.2) is 4.98 Å². The van der Waals surface area contributed by atoms with Crippen LogP contribution in [0.5, 0.6) is 5.88 Å². The third-order valence-corrected chi connectivity index (χ3v) is 3.17. The molecule has 0 aromatic carbocycles. The molecule has 2 aromatic rings. The van der Waals surface area contributed by atoms with Crippen LogP contribution in [0.4, 0.5) is 0 Å². The van der Waals surface area contributed by atoms with E-state index in [1.54, 1.807) is 13.4 Å². The lowest BCUT2D eigenvalue weighted by Gasteiger charge is -2.22. The molecule has 0 aliphatic carbocycles. The molecule has 0 saturated carbocycles.